The summed E-state index contributed by atoms with van der Waals surface area (Å²) in [7, 11) is 0. The SMILES string of the molecule is CCC1CCN(C(CN)c2cc(Br)c3c(c2)OCO3)CC1. The molecule has 0 saturated carbocycles. The number of nitrogens with two attached hydrogens (primary N) is 1. The quantitative estimate of drug-likeness (QED) is 0.900. The van der Waals surface area contributed by atoms with E-state index in [4.69, 9.17) is 15.2 Å². The van der Waals surface area contributed by atoms with Crippen molar-refractivity contribution in [1.29, 1.82) is 0 Å². The van der Waals surface area contributed by atoms with E-state index in [9.17, 15) is 0 Å². The molecular formula is C16H23BrN2O2. The van der Waals surface area contributed by atoms with Crippen molar-refractivity contribution in [3.05, 3.63) is 22.2 Å². The van der Waals surface area contributed by atoms with Crippen LogP contribution in [0.4, 0.5) is 0 Å². The first-order valence-electron chi connectivity index (χ1n) is 7.76. The molecule has 4 nitrogen and oxygen atoms in total. The molecule has 3 rings (SSSR count). The molecule has 116 valence electrons. The highest BCUT2D eigenvalue weighted by Crippen LogP contribution is 2.42. The number of rotatable bonds is 4. The molecule has 0 aliphatic carbocycles. The van der Waals surface area contributed by atoms with Crippen molar-refractivity contribution in [1.82, 2.24) is 4.90 Å². The maximum absolute atomic E-state index is 6.07. The van der Waals surface area contributed by atoms with Gasteiger partial charge < -0.3 is 15.2 Å². The standard InChI is InChI=1S/C16H23BrN2O2/c1-2-11-3-5-19(6-4-11)14(9-18)12-7-13(17)16-15(8-12)20-10-21-16/h7-8,11,14H,2-6,9-10,18H2,1H3. The van der Waals surface area contributed by atoms with Crippen molar-refractivity contribution in [2.45, 2.75) is 32.2 Å². The van der Waals surface area contributed by atoms with Gasteiger partial charge in [-0.2, -0.15) is 0 Å². The number of nitrogens with zero attached hydrogens (tertiary/aromatic N) is 1. The van der Waals surface area contributed by atoms with E-state index >= 15 is 0 Å². The third kappa shape index (κ3) is 3.05. The summed E-state index contributed by atoms with van der Waals surface area (Å²) >= 11 is 3.58. The summed E-state index contributed by atoms with van der Waals surface area (Å²) in [6.07, 6.45) is 3.84. The van der Waals surface area contributed by atoms with Gasteiger partial charge in [-0.15, -0.1) is 0 Å². The number of fused-ring (bicyclic) bond motifs is 1. The summed E-state index contributed by atoms with van der Waals surface area (Å²) < 4.78 is 11.9. The fraction of sp³-hybridized carbons (Fsp3) is 0.625. The van der Waals surface area contributed by atoms with Gasteiger partial charge in [0.2, 0.25) is 6.79 Å². The Morgan fingerprint density at radius 2 is 2.10 bits per heavy atom. The lowest BCUT2D eigenvalue weighted by Crippen LogP contribution is -2.39. The lowest BCUT2D eigenvalue weighted by atomic mass is 9.92. The van der Waals surface area contributed by atoms with Crippen molar-refractivity contribution in [2.24, 2.45) is 11.7 Å². The summed E-state index contributed by atoms with van der Waals surface area (Å²) in [4.78, 5) is 2.51. The van der Waals surface area contributed by atoms with Crippen LogP contribution < -0.4 is 15.2 Å². The normalized spacial score (nSPS) is 20.7. The minimum absolute atomic E-state index is 0.258. The Balaban J connectivity index is 1.79. The van der Waals surface area contributed by atoms with E-state index < -0.39 is 0 Å². The highest BCUT2D eigenvalue weighted by molar-refractivity contribution is 9.10. The molecule has 1 atom stereocenters. The molecule has 2 aliphatic rings. The zero-order chi connectivity index (χ0) is 14.8. The molecule has 0 spiro atoms. The molecule has 1 aromatic rings. The van der Waals surface area contributed by atoms with Crippen LogP contribution in [0.15, 0.2) is 16.6 Å². The molecule has 1 saturated heterocycles. The second-order valence-corrected chi connectivity index (χ2v) is 6.73. The maximum Gasteiger partial charge on any atom is 0.231 e. The lowest BCUT2D eigenvalue weighted by molar-refractivity contribution is 0.133. The second kappa shape index (κ2) is 6.55. The molecule has 2 N–H and O–H groups in total. The lowest BCUT2D eigenvalue weighted by Gasteiger charge is -2.37. The van der Waals surface area contributed by atoms with Gasteiger partial charge >= 0.3 is 0 Å². The van der Waals surface area contributed by atoms with E-state index in [1.54, 1.807) is 0 Å². The molecule has 1 unspecified atom stereocenters. The first kappa shape index (κ1) is 15.1. The van der Waals surface area contributed by atoms with Crippen molar-refractivity contribution >= 4 is 15.9 Å². The number of likely N-dealkylation sites (tertiary alicyclic amines) is 1. The Morgan fingerprint density at radius 3 is 2.76 bits per heavy atom. The predicted molar refractivity (Wildman–Crippen MR) is 86.6 cm³/mol. The van der Waals surface area contributed by atoms with Gasteiger partial charge in [-0.05, 0) is 65.5 Å². The Morgan fingerprint density at radius 1 is 1.33 bits per heavy atom. The predicted octanol–water partition coefficient (Wildman–Crippen LogP) is 3.30. The van der Waals surface area contributed by atoms with Gasteiger partial charge in [0, 0.05) is 12.6 Å². The average Bonchev–Trinajstić information content (AvgIpc) is 2.98. The first-order valence-corrected chi connectivity index (χ1v) is 8.55. The number of halogens is 1. The van der Waals surface area contributed by atoms with Crippen LogP contribution in [0, 0.1) is 5.92 Å². The number of hydrogen-bond acceptors (Lipinski definition) is 4. The molecule has 21 heavy (non-hydrogen) atoms. The van der Waals surface area contributed by atoms with Crippen LogP contribution in [0.25, 0.3) is 0 Å². The number of hydrogen-bond donors (Lipinski definition) is 1. The smallest absolute Gasteiger partial charge is 0.231 e. The summed E-state index contributed by atoms with van der Waals surface area (Å²) in [5.41, 5.74) is 7.28. The molecule has 1 fully saturated rings. The van der Waals surface area contributed by atoms with Crippen LogP contribution in [0.5, 0.6) is 11.5 Å². The van der Waals surface area contributed by atoms with Crippen LogP contribution >= 0.6 is 15.9 Å². The summed E-state index contributed by atoms with van der Waals surface area (Å²) in [6, 6.07) is 4.46. The van der Waals surface area contributed by atoms with Gasteiger partial charge in [0.05, 0.1) is 4.47 Å². The van der Waals surface area contributed by atoms with Gasteiger partial charge in [0.1, 0.15) is 0 Å². The average molecular weight is 355 g/mol. The fourth-order valence-corrected chi connectivity index (χ4v) is 3.92. The van der Waals surface area contributed by atoms with Crippen molar-refractivity contribution in [3.8, 4) is 11.5 Å². The van der Waals surface area contributed by atoms with Gasteiger partial charge in [0.25, 0.3) is 0 Å². The Labute approximate surface area is 134 Å². The van der Waals surface area contributed by atoms with Crippen LogP contribution in [-0.2, 0) is 0 Å². The monoisotopic (exact) mass is 354 g/mol. The zero-order valence-corrected chi connectivity index (χ0v) is 14.1. The fourth-order valence-electron chi connectivity index (χ4n) is 3.35. The number of piperidine rings is 1. The van der Waals surface area contributed by atoms with Crippen molar-refractivity contribution < 1.29 is 9.47 Å². The van der Waals surface area contributed by atoms with E-state index in [0.29, 0.717) is 13.3 Å². The van der Waals surface area contributed by atoms with E-state index in [1.165, 1.54) is 24.8 Å². The van der Waals surface area contributed by atoms with Crippen LogP contribution in [-0.4, -0.2) is 31.3 Å². The molecule has 0 bridgehead atoms. The topological polar surface area (TPSA) is 47.7 Å². The van der Waals surface area contributed by atoms with Crippen LogP contribution in [0.2, 0.25) is 0 Å². The maximum atomic E-state index is 6.07. The minimum Gasteiger partial charge on any atom is -0.454 e. The number of ether oxygens (including phenoxy) is 2. The minimum atomic E-state index is 0.258. The van der Waals surface area contributed by atoms with E-state index in [0.717, 1.165) is 35.0 Å². The zero-order valence-electron chi connectivity index (χ0n) is 12.5. The van der Waals surface area contributed by atoms with Crippen LogP contribution in [0.3, 0.4) is 0 Å². The molecule has 5 heteroatoms. The number of benzene rings is 1. The molecular weight excluding hydrogens is 332 g/mol. The molecule has 0 aromatic heterocycles. The molecule has 0 radical (unpaired) electrons. The molecule has 2 aliphatic heterocycles. The Hall–Kier alpha value is -0.780. The third-order valence-corrected chi connectivity index (χ3v) is 5.31. The van der Waals surface area contributed by atoms with Crippen molar-refractivity contribution in [2.75, 3.05) is 26.4 Å². The van der Waals surface area contributed by atoms with Gasteiger partial charge in [-0.25, -0.2) is 0 Å². The first-order chi connectivity index (χ1) is 10.2. The summed E-state index contributed by atoms with van der Waals surface area (Å²) in [5, 5.41) is 0. The molecule has 2 heterocycles. The summed E-state index contributed by atoms with van der Waals surface area (Å²) in [5.74, 6) is 2.50. The second-order valence-electron chi connectivity index (χ2n) is 5.88. The Bertz CT molecular complexity index is 501. The summed E-state index contributed by atoms with van der Waals surface area (Å²) in [6.45, 7) is 5.48. The molecule has 1 aromatic carbocycles. The third-order valence-electron chi connectivity index (χ3n) is 4.72. The van der Waals surface area contributed by atoms with E-state index in [1.807, 2.05) is 0 Å². The van der Waals surface area contributed by atoms with Gasteiger partial charge in [-0.1, -0.05) is 13.3 Å². The van der Waals surface area contributed by atoms with E-state index in [2.05, 4.69) is 39.9 Å². The largest absolute Gasteiger partial charge is 0.454 e. The Kier molecular flexibility index (Phi) is 4.72. The van der Waals surface area contributed by atoms with Crippen molar-refractivity contribution in [3.63, 3.8) is 0 Å². The van der Waals surface area contributed by atoms with Crippen LogP contribution in [0.1, 0.15) is 37.8 Å². The van der Waals surface area contributed by atoms with E-state index in [-0.39, 0.29) is 6.04 Å². The molecule has 0 amide bonds. The van der Waals surface area contributed by atoms with Gasteiger partial charge in [-0.3, -0.25) is 4.90 Å². The highest BCUT2D eigenvalue weighted by atomic mass is 79.9. The van der Waals surface area contributed by atoms with Gasteiger partial charge in [0.15, 0.2) is 11.5 Å². The highest BCUT2D eigenvalue weighted by Gasteiger charge is 2.27.